The van der Waals surface area contributed by atoms with Crippen molar-refractivity contribution in [3.8, 4) is 6.07 Å². The maximum atomic E-state index is 9.47. The minimum absolute atomic E-state index is 0.157. The molecule has 4 nitrogen and oxygen atoms in total. The number of rotatable bonds is 2. The fraction of sp³-hybridized carbons (Fsp3) is 0.259. The van der Waals surface area contributed by atoms with Crippen LogP contribution in [0.5, 0.6) is 0 Å². The van der Waals surface area contributed by atoms with Crippen LogP contribution in [0, 0.1) is 17.9 Å². The predicted molar refractivity (Wildman–Crippen MR) is 122 cm³/mol. The van der Waals surface area contributed by atoms with Crippen LogP contribution in [0.4, 0.5) is 5.69 Å². The van der Waals surface area contributed by atoms with E-state index in [2.05, 4.69) is 71.4 Å². The van der Waals surface area contributed by atoms with Crippen molar-refractivity contribution < 1.29 is 4.74 Å². The van der Waals surface area contributed by atoms with Crippen LogP contribution in [-0.4, -0.2) is 19.2 Å². The number of benzene rings is 2. The summed E-state index contributed by atoms with van der Waals surface area (Å²) in [5.41, 5.74) is 6.87. The monoisotopic (exact) mass is 405 g/mol. The molecule has 2 aliphatic heterocycles. The zero-order valence-electron chi connectivity index (χ0n) is 17.6. The van der Waals surface area contributed by atoms with Crippen molar-refractivity contribution in [2.45, 2.75) is 31.3 Å². The minimum Gasteiger partial charge on any atom is -0.486 e. The maximum Gasteiger partial charge on any atom is 0.265 e. The van der Waals surface area contributed by atoms with Gasteiger partial charge in [0.05, 0.1) is 12.6 Å². The van der Waals surface area contributed by atoms with Gasteiger partial charge in [0.1, 0.15) is 11.4 Å². The van der Waals surface area contributed by atoms with E-state index < -0.39 is 5.60 Å². The van der Waals surface area contributed by atoms with Crippen molar-refractivity contribution in [2.75, 3.05) is 18.5 Å². The smallest absolute Gasteiger partial charge is 0.265 e. The van der Waals surface area contributed by atoms with Gasteiger partial charge in [-0.05, 0) is 58.5 Å². The van der Waals surface area contributed by atoms with Crippen LogP contribution in [0.15, 0.2) is 71.6 Å². The molecule has 152 valence electrons. The van der Waals surface area contributed by atoms with Gasteiger partial charge in [-0.1, -0.05) is 36.4 Å². The molecule has 2 aromatic carbocycles. The number of allylic oxidation sites excluding steroid dienone is 3. The van der Waals surface area contributed by atoms with Gasteiger partial charge in [-0.2, -0.15) is 0 Å². The summed E-state index contributed by atoms with van der Waals surface area (Å²) in [6, 6.07) is 17.0. The molecule has 2 heterocycles. The first-order chi connectivity index (χ1) is 15.1. The quantitative estimate of drug-likeness (QED) is 0.507. The van der Waals surface area contributed by atoms with E-state index in [1.165, 1.54) is 22.4 Å². The van der Waals surface area contributed by atoms with Crippen molar-refractivity contribution in [1.82, 2.24) is 0 Å². The number of likely N-dealkylation sites (N-methyl/N-ethyl adjacent to an activating group) is 1. The molecule has 0 fully saturated rings. The average molecular weight is 406 g/mol. The van der Waals surface area contributed by atoms with Crippen LogP contribution in [0.2, 0.25) is 0 Å². The molecule has 0 saturated heterocycles. The van der Waals surface area contributed by atoms with Gasteiger partial charge in [-0.25, -0.2) is 10.1 Å². The van der Waals surface area contributed by atoms with Crippen LogP contribution in [0.25, 0.3) is 10.9 Å². The van der Waals surface area contributed by atoms with E-state index >= 15 is 0 Å². The number of fused-ring (bicyclic) bond motifs is 2. The lowest BCUT2D eigenvalue weighted by Gasteiger charge is -2.35. The van der Waals surface area contributed by atoms with Crippen molar-refractivity contribution in [3.63, 3.8) is 0 Å². The molecule has 0 radical (unpaired) electrons. The van der Waals surface area contributed by atoms with E-state index in [9.17, 15) is 5.26 Å². The topological polar surface area (TPSA) is 40.6 Å². The van der Waals surface area contributed by atoms with E-state index in [1.54, 1.807) is 0 Å². The summed E-state index contributed by atoms with van der Waals surface area (Å²) in [6.45, 7) is 8.48. The molecule has 1 spiro atoms. The normalized spacial score (nSPS) is 20.0. The first-order valence-electron chi connectivity index (χ1n) is 10.6. The second kappa shape index (κ2) is 7.49. The number of nitrogens with zero attached hydrogens (tertiary/aromatic N) is 3. The van der Waals surface area contributed by atoms with Crippen molar-refractivity contribution in [2.24, 2.45) is 0 Å². The lowest BCUT2D eigenvalue weighted by atomic mass is 9.87. The molecule has 0 N–H and O–H groups in total. The number of hydrogen-bond donors (Lipinski definition) is 0. The number of hydrogen-bond acceptors (Lipinski definition) is 3. The van der Waals surface area contributed by atoms with Gasteiger partial charge in [0.2, 0.25) is 0 Å². The standard InChI is InChI=1S/C27H23N3O/c1-29-25(18-28)23-14-24(9-7-19-8-10-26-20(13-19)11-12-30(26)2)31-27(17-23)15-21-5-3-4-6-22(21)16-27/h3-10,13-14H,11-12,15-17H2,2H3/b9-7+,25-23+. The molecule has 0 bridgehead atoms. The molecule has 0 saturated carbocycles. The van der Waals surface area contributed by atoms with E-state index in [0.29, 0.717) is 12.2 Å². The second-order valence-electron chi connectivity index (χ2n) is 8.62. The summed E-state index contributed by atoms with van der Waals surface area (Å²) < 4.78 is 6.54. The molecule has 0 amide bonds. The molecule has 0 unspecified atom stereocenters. The van der Waals surface area contributed by atoms with E-state index in [4.69, 9.17) is 11.3 Å². The summed E-state index contributed by atoms with van der Waals surface area (Å²) in [5, 5.41) is 9.47. The summed E-state index contributed by atoms with van der Waals surface area (Å²) in [4.78, 5) is 5.75. The first-order valence-corrected chi connectivity index (χ1v) is 10.6. The minimum atomic E-state index is -0.430. The maximum absolute atomic E-state index is 9.47. The highest BCUT2D eigenvalue weighted by Gasteiger charge is 2.42. The van der Waals surface area contributed by atoms with E-state index in [1.807, 2.05) is 12.2 Å². The summed E-state index contributed by atoms with van der Waals surface area (Å²) >= 11 is 0. The van der Waals surface area contributed by atoms with Gasteiger partial charge in [0, 0.05) is 38.5 Å². The highest BCUT2D eigenvalue weighted by atomic mass is 16.5. The number of anilines is 1. The van der Waals surface area contributed by atoms with Gasteiger partial charge in [0.25, 0.3) is 5.70 Å². The van der Waals surface area contributed by atoms with Crippen LogP contribution in [-0.2, 0) is 24.0 Å². The lowest BCUT2D eigenvalue weighted by Crippen LogP contribution is -2.36. The molecule has 1 aliphatic carbocycles. The summed E-state index contributed by atoms with van der Waals surface area (Å²) in [6.07, 6.45) is 9.13. The van der Waals surface area contributed by atoms with Gasteiger partial charge >= 0.3 is 0 Å². The Morgan fingerprint density at radius 1 is 1.13 bits per heavy atom. The third-order valence-electron chi connectivity index (χ3n) is 6.50. The van der Waals surface area contributed by atoms with Crippen molar-refractivity contribution in [3.05, 3.63) is 105 Å². The van der Waals surface area contributed by atoms with Crippen LogP contribution < -0.4 is 4.90 Å². The Labute approximate surface area is 183 Å². The molecule has 0 aromatic heterocycles. The molecule has 31 heavy (non-hydrogen) atoms. The highest BCUT2D eigenvalue weighted by molar-refractivity contribution is 5.64. The Kier molecular flexibility index (Phi) is 4.64. The molecule has 5 rings (SSSR count). The van der Waals surface area contributed by atoms with E-state index in [-0.39, 0.29) is 5.70 Å². The fourth-order valence-electron chi connectivity index (χ4n) is 5.01. The molecule has 2 aromatic rings. The molecule has 3 aliphatic rings. The van der Waals surface area contributed by atoms with Crippen LogP contribution in [0.3, 0.4) is 0 Å². The van der Waals surface area contributed by atoms with Gasteiger partial charge in [0.15, 0.2) is 0 Å². The van der Waals surface area contributed by atoms with Crippen molar-refractivity contribution in [1.29, 1.82) is 5.26 Å². The zero-order chi connectivity index (χ0) is 21.4. The highest BCUT2D eigenvalue weighted by Crippen LogP contribution is 2.43. The number of nitriles is 1. The third kappa shape index (κ3) is 3.51. The Bertz CT molecular complexity index is 1190. The molecular weight excluding hydrogens is 382 g/mol. The zero-order valence-corrected chi connectivity index (χ0v) is 17.6. The average Bonchev–Trinajstić information content (AvgIpc) is 3.32. The van der Waals surface area contributed by atoms with Gasteiger partial charge < -0.3 is 9.64 Å². The lowest BCUT2D eigenvalue weighted by molar-refractivity contribution is 0.0108. The Hall–Kier alpha value is -3.76. The van der Waals surface area contributed by atoms with Crippen LogP contribution >= 0.6 is 0 Å². The third-order valence-corrected chi connectivity index (χ3v) is 6.50. The number of ether oxygens (including phenoxy) is 1. The molecule has 4 heteroatoms. The van der Waals surface area contributed by atoms with E-state index in [0.717, 1.165) is 36.9 Å². The molecular formula is C27H23N3O. The second-order valence-corrected chi connectivity index (χ2v) is 8.62. The Morgan fingerprint density at radius 2 is 1.90 bits per heavy atom. The SMILES string of the molecule is [C-]#[N+]/C(C#N)=C1C=C(/C=C/c2ccc3c(c2)CCN3C)OC2(C\1)Cc1ccccc1C2. The largest absolute Gasteiger partial charge is 0.486 e. The van der Waals surface area contributed by atoms with Gasteiger partial charge in [-0.15, -0.1) is 0 Å². The summed E-state index contributed by atoms with van der Waals surface area (Å²) in [5.74, 6) is 0.711. The fourth-order valence-corrected chi connectivity index (χ4v) is 5.01. The Balaban J connectivity index is 1.47. The predicted octanol–water partition coefficient (Wildman–Crippen LogP) is 5.23. The first kappa shape index (κ1) is 19.2. The van der Waals surface area contributed by atoms with Crippen LogP contribution in [0.1, 0.15) is 28.7 Å². The Morgan fingerprint density at radius 3 is 2.61 bits per heavy atom. The molecule has 0 atom stereocenters. The summed E-state index contributed by atoms with van der Waals surface area (Å²) in [7, 11) is 2.12. The van der Waals surface area contributed by atoms with Crippen molar-refractivity contribution >= 4 is 11.8 Å². The van der Waals surface area contributed by atoms with Gasteiger partial charge in [-0.3, -0.25) is 0 Å².